The number of rotatable bonds is 8. The van der Waals surface area contributed by atoms with E-state index in [9.17, 15) is 9.59 Å². The Bertz CT molecular complexity index is 1180. The van der Waals surface area contributed by atoms with E-state index in [4.69, 9.17) is 25.6 Å². The van der Waals surface area contributed by atoms with E-state index in [1.54, 1.807) is 26.2 Å². The maximum Gasteiger partial charge on any atom is 0.339 e. The molecule has 184 valence electrons. The van der Waals surface area contributed by atoms with Crippen LogP contribution < -0.4 is 10.1 Å². The molecule has 1 aliphatic heterocycles. The van der Waals surface area contributed by atoms with E-state index >= 15 is 0 Å². The first-order chi connectivity index (χ1) is 17.0. The van der Waals surface area contributed by atoms with Crippen LogP contribution in [-0.4, -0.2) is 53.7 Å². The third-order valence-electron chi connectivity index (χ3n) is 5.78. The monoisotopic (exact) mass is 498 g/mol. The molecule has 1 aromatic heterocycles. The van der Waals surface area contributed by atoms with Crippen LogP contribution >= 0.6 is 11.6 Å². The van der Waals surface area contributed by atoms with Crippen molar-refractivity contribution in [2.75, 3.05) is 32.1 Å². The predicted molar refractivity (Wildman–Crippen MR) is 130 cm³/mol. The second-order valence-corrected chi connectivity index (χ2v) is 8.63. The van der Waals surface area contributed by atoms with Gasteiger partial charge in [0, 0.05) is 17.8 Å². The number of nitrogens with zero attached hydrogens (tertiary/aromatic N) is 3. The number of ether oxygens (including phenoxy) is 2. The zero-order valence-electron chi connectivity index (χ0n) is 19.6. The van der Waals surface area contributed by atoms with Crippen molar-refractivity contribution in [3.8, 4) is 17.1 Å². The van der Waals surface area contributed by atoms with Crippen molar-refractivity contribution in [1.29, 1.82) is 0 Å². The van der Waals surface area contributed by atoms with Crippen LogP contribution in [0.3, 0.4) is 0 Å². The Morgan fingerprint density at radius 2 is 2.03 bits per heavy atom. The number of esters is 1. The molecule has 1 saturated heterocycles. The van der Waals surface area contributed by atoms with Gasteiger partial charge in [0.15, 0.2) is 0 Å². The summed E-state index contributed by atoms with van der Waals surface area (Å²) >= 11 is 6.12. The summed E-state index contributed by atoms with van der Waals surface area (Å²) in [6.45, 7) is 3.81. The fraction of sp³-hybridized carbons (Fsp3) is 0.360. The smallest absolute Gasteiger partial charge is 0.339 e. The Hall–Kier alpha value is -3.43. The molecule has 0 spiro atoms. The number of benzene rings is 2. The molecule has 1 unspecified atom stereocenters. The maximum atomic E-state index is 13.0. The number of hydrogen-bond acceptors (Lipinski definition) is 8. The van der Waals surface area contributed by atoms with Crippen molar-refractivity contribution in [2.24, 2.45) is 5.92 Å². The lowest BCUT2D eigenvalue weighted by Crippen LogP contribution is -2.40. The Kier molecular flexibility index (Phi) is 7.99. The maximum absolute atomic E-state index is 13.0. The van der Waals surface area contributed by atoms with Gasteiger partial charge in [-0.1, -0.05) is 16.8 Å². The van der Waals surface area contributed by atoms with E-state index in [0.29, 0.717) is 30.5 Å². The lowest BCUT2D eigenvalue weighted by atomic mass is 9.97. The second kappa shape index (κ2) is 11.3. The van der Waals surface area contributed by atoms with E-state index in [1.807, 2.05) is 24.3 Å². The van der Waals surface area contributed by atoms with E-state index < -0.39 is 5.97 Å². The summed E-state index contributed by atoms with van der Waals surface area (Å²) in [5, 5.41) is 7.26. The van der Waals surface area contributed by atoms with Crippen LogP contribution in [-0.2, 0) is 16.1 Å². The normalized spacial score (nSPS) is 16.0. The van der Waals surface area contributed by atoms with Gasteiger partial charge < -0.3 is 19.3 Å². The number of halogens is 1. The summed E-state index contributed by atoms with van der Waals surface area (Å²) in [6, 6.07) is 12.2. The van der Waals surface area contributed by atoms with Gasteiger partial charge in [-0.2, -0.15) is 4.98 Å². The minimum atomic E-state index is -0.522. The molecular weight excluding hydrogens is 472 g/mol. The van der Waals surface area contributed by atoms with Gasteiger partial charge in [-0.3, -0.25) is 9.69 Å². The molecule has 0 saturated carbocycles. The van der Waals surface area contributed by atoms with E-state index in [2.05, 4.69) is 20.4 Å². The van der Waals surface area contributed by atoms with Crippen LogP contribution in [0.25, 0.3) is 11.4 Å². The molecule has 2 heterocycles. The van der Waals surface area contributed by atoms with Gasteiger partial charge in [-0.15, -0.1) is 0 Å². The summed E-state index contributed by atoms with van der Waals surface area (Å²) in [4.78, 5) is 31.7. The van der Waals surface area contributed by atoms with Gasteiger partial charge in [0.2, 0.25) is 17.6 Å². The predicted octanol–water partition coefficient (Wildman–Crippen LogP) is 4.43. The van der Waals surface area contributed by atoms with Crippen LogP contribution in [0.2, 0.25) is 5.02 Å². The summed E-state index contributed by atoms with van der Waals surface area (Å²) in [5.41, 5.74) is 1.56. The Morgan fingerprint density at radius 1 is 1.23 bits per heavy atom. The minimum absolute atomic E-state index is 0.115. The number of methoxy groups -OCH3 is 1. The van der Waals surface area contributed by atoms with Crippen LogP contribution in [0, 0.1) is 5.92 Å². The van der Waals surface area contributed by atoms with Crippen molar-refractivity contribution >= 4 is 29.2 Å². The average Bonchev–Trinajstić information content (AvgIpc) is 3.34. The molecule has 3 aromatic rings. The van der Waals surface area contributed by atoms with Crippen LogP contribution in [0.1, 0.15) is 36.0 Å². The van der Waals surface area contributed by atoms with Gasteiger partial charge in [0.05, 0.1) is 36.8 Å². The van der Waals surface area contributed by atoms with Gasteiger partial charge >= 0.3 is 5.97 Å². The summed E-state index contributed by atoms with van der Waals surface area (Å²) in [7, 11) is 1.61. The highest BCUT2D eigenvalue weighted by atomic mass is 35.5. The Morgan fingerprint density at radius 3 is 2.77 bits per heavy atom. The molecule has 1 N–H and O–H groups in total. The van der Waals surface area contributed by atoms with Crippen molar-refractivity contribution in [1.82, 2.24) is 15.0 Å². The average molecular weight is 499 g/mol. The molecule has 9 nitrogen and oxygen atoms in total. The molecule has 1 amide bonds. The fourth-order valence-corrected chi connectivity index (χ4v) is 4.19. The number of nitrogens with one attached hydrogen (secondary N) is 1. The third-order valence-corrected chi connectivity index (χ3v) is 6.11. The first-order valence-electron chi connectivity index (χ1n) is 11.4. The van der Waals surface area contributed by atoms with Gasteiger partial charge in [-0.25, -0.2) is 4.79 Å². The molecule has 0 aliphatic carbocycles. The summed E-state index contributed by atoms with van der Waals surface area (Å²) in [5.74, 6) is 0.908. The molecule has 2 aromatic carbocycles. The highest BCUT2D eigenvalue weighted by Crippen LogP contribution is 2.25. The highest BCUT2D eigenvalue weighted by Gasteiger charge is 2.27. The van der Waals surface area contributed by atoms with E-state index in [1.165, 1.54) is 6.07 Å². The van der Waals surface area contributed by atoms with Gasteiger partial charge in [0.25, 0.3) is 0 Å². The highest BCUT2D eigenvalue weighted by molar-refractivity contribution is 6.33. The Labute approximate surface area is 208 Å². The summed E-state index contributed by atoms with van der Waals surface area (Å²) in [6.07, 6.45) is 1.63. The number of hydrogen-bond donors (Lipinski definition) is 1. The first kappa shape index (κ1) is 24.7. The number of piperidine rings is 1. The van der Waals surface area contributed by atoms with E-state index in [0.717, 1.165) is 30.7 Å². The topological polar surface area (TPSA) is 107 Å². The van der Waals surface area contributed by atoms with Gasteiger partial charge in [0.1, 0.15) is 5.75 Å². The standard InChI is InChI=1S/C25H27ClN4O5/c1-3-34-25(32)20-13-18(8-11-21(20)26)27-24(31)17-5-4-12-30(14-17)15-22-28-23(29-35-22)16-6-9-19(33-2)10-7-16/h6-11,13,17H,3-5,12,14-15H2,1-2H3,(H,27,31). The third kappa shape index (κ3) is 6.17. The molecule has 0 radical (unpaired) electrons. The molecule has 35 heavy (non-hydrogen) atoms. The quantitative estimate of drug-likeness (QED) is 0.455. The first-order valence-corrected chi connectivity index (χ1v) is 11.8. The number of carbonyl (C=O) groups excluding carboxylic acids is 2. The van der Waals surface area contributed by atoms with Crippen LogP contribution in [0.15, 0.2) is 47.0 Å². The molecule has 1 aliphatic rings. The lowest BCUT2D eigenvalue weighted by Gasteiger charge is -2.30. The number of aromatic nitrogens is 2. The van der Waals surface area contributed by atoms with Crippen molar-refractivity contribution in [2.45, 2.75) is 26.3 Å². The zero-order valence-corrected chi connectivity index (χ0v) is 20.4. The molecule has 0 bridgehead atoms. The lowest BCUT2D eigenvalue weighted by molar-refractivity contribution is -0.121. The van der Waals surface area contributed by atoms with Crippen LogP contribution in [0.4, 0.5) is 5.69 Å². The van der Waals surface area contributed by atoms with E-state index in [-0.39, 0.29) is 29.0 Å². The number of anilines is 1. The molecule has 1 atom stereocenters. The van der Waals surface area contributed by atoms with Crippen molar-refractivity contribution in [3.63, 3.8) is 0 Å². The van der Waals surface area contributed by atoms with Crippen LogP contribution in [0.5, 0.6) is 5.75 Å². The molecule has 1 fully saturated rings. The Balaban J connectivity index is 1.36. The SMILES string of the molecule is CCOC(=O)c1cc(NC(=O)C2CCCN(Cc3nc(-c4ccc(OC)cc4)no3)C2)ccc1Cl. The minimum Gasteiger partial charge on any atom is -0.497 e. The summed E-state index contributed by atoms with van der Waals surface area (Å²) < 4.78 is 15.7. The number of amides is 1. The van der Waals surface area contributed by atoms with Crippen molar-refractivity contribution < 1.29 is 23.6 Å². The second-order valence-electron chi connectivity index (χ2n) is 8.22. The molecule has 10 heteroatoms. The van der Waals surface area contributed by atoms with Gasteiger partial charge in [-0.05, 0) is 68.8 Å². The van der Waals surface area contributed by atoms with Crippen molar-refractivity contribution in [3.05, 3.63) is 58.9 Å². The fourth-order valence-electron chi connectivity index (χ4n) is 3.99. The number of carbonyl (C=O) groups is 2. The zero-order chi connectivity index (χ0) is 24.8. The molecule has 4 rings (SSSR count). The molecular formula is C25H27ClN4O5. The largest absolute Gasteiger partial charge is 0.497 e. The number of likely N-dealkylation sites (tertiary alicyclic amines) is 1.